The molecule has 1 fully saturated rings. The van der Waals surface area contributed by atoms with Crippen molar-refractivity contribution in [2.75, 3.05) is 6.61 Å². The molecule has 0 spiro atoms. The van der Waals surface area contributed by atoms with Gasteiger partial charge in [-0.15, -0.1) is 0 Å². The molecule has 2 N–H and O–H groups in total. The SMILES string of the molecule is CC(=O)O[C@H](C(=O)NCc1ccccc1)[C@H](CC1CC1)NC(=O)OCC1c2ccccc2-c2ccccc21. The van der Waals surface area contributed by atoms with Crippen LogP contribution in [0, 0.1) is 5.92 Å². The molecular weight excluding hydrogens is 480 g/mol. The van der Waals surface area contributed by atoms with Gasteiger partial charge in [0.25, 0.3) is 5.91 Å². The van der Waals surface area contributed by atoms with Gasteiger partial charge in [0.15, 0.2) is 6.10 Å². The van der Waals surface area contributed by atoms with E-state index >= 15 is 0 Å². The first kappa shape index (κ1) is 25.5. The quantitative estimate of drug-likeness (QED) is 0.375. The van der Waals surface area contributed by atoms with Crippen molar-refractivity contribution in [1.82, 2.24) is 10.6 Å². The molecule has 196 valence electrons. The van der Waals surface area contributed by atoms with E-state index in [1.54, 1.807) is 0 Å². The molecule has 2 aliphatic rings. The van der Waals surface area contributed by atoms with Crippen LogP contribution in [0.15, 0.2) is 78.9 Å². The van der Waals surface area contributed by atoms with Crippen LogP contribution in [0.3, 0.4) is 0 Å². The molecule has 2 aliphatic carbocycles. The summed E-state index contributed by atoms with van der Waals surface area (Å²) in [5, 5.41) is 5.69. The van der Waals surface area contributed by atoms with Gasteiger partial charge in [0.2, 0.25) is 0 Å². The molecule has 2 atom stereocenters. The lowest BCUT2D eigenvalue weighted by molar-refractivity contribution is -0.156. The zero-order valence-corrected chi connectivity index (χ0v) is 21.4. The van der Waals surface area contributed by atoms with Crippen LogP contribution in [0.4, 0.5) is 4.79 Å². The number of hydrogen-bond donors (Lipinski definition) is 2. The highest BCUT2D eigenvalue weighted by atomic mass is 16.6. The van der Waals surface area contributed by atoms with Crippen LogP contribution < -0.4 is 10.6 Å². The van der Waals surface area contributed by atoms with E-state index in [0.717, 1.165) is 40.7 Å². The van der Waals surface area contributed by atoms with Gasteiger partial charge in [0.1, 0.15) is 6.61 Å². The van der Waals surface area contributed by atoms with Crippen molar-refractivity contribution in [3.63, 3.8) is 0 Å². The monoisotopic (exact) mass is 512 g/mol. The van der Waals surface area contributed by atoms with Crippen molar-refractivity contribution in [2.24, 2.45) is 5.92 Å². The van der Waals surface area contributed by atoms with Crippen LogP contribution in [0.2, 0.25) is 0 Å². The first-order valence-electron chi connectivity index (χ1n) is 13.1. The van der Waals surface area contributed by atoms with Crippen molar-refractivity contribution in [3.8, 4) is 11.1 Å². The number of carbonyl (C=O) groups is 3. The highest BCUT2D eigenvalue weighted by Crippen LogP contribution is 2.44. The number of hydrogen-bond acceptors (Lipinski definition) is 5. The van der Waals surface area contributed by atoms with Crippen molar-refractivity contribution in [2.45, 2.75) is 50.8 Å². The number of fused-ring (bicyclic) bond motifs is 3. The lowest BCUT2D eigenvalue weighted by Crippen LogP contribution is -2.52. The molecule has 7 heteroatoms. The zero-order chi connectivity index (χ0) is 26.5. The summed E-state index contributed by atoms with van der Waals surface area (Å²) in [6.45, 7) is 1.71. The molecule has 38 heavy (non-hydrogen) atoms. The van der Waals surface area contributed by atoms with Crippen molar-refractivity contribution >= 4 is 18.0 Å². The molecule has 3 aromatic rings. The van der Waals surface area contributed by atoms with Crippen LogP contribution in [0.5, 0.6) is 0 Å². The molecule has 0 aliphatic heterocycles. The van der Waals surface area contributed by atoms with E-state index in [9.17, 15) is 14.4 Å². The number of benzene rings is 3. The van der Waals surface area contributed by atoms with Crippen LogP contribution in [0.1, 0.15) is 48.8 Å². The minimum absolute atomic E-state index is 0.0755. The van der Waals surface area contributed by atoms with Crippen molar-refractivity contribution < 1.29 is 23.9 Å². The Balaban J connectivity index is 1.26. The molecule has 0 heterocycles. The second-order valence-electron chi connectivity index (χ2n) is 9.99. The average Bonchev–Trinajstić information content (AvgIpc) is 3.69. The zero-order valence-electron chi connectivity index (χ0n) is 21.4. The first-order chi connectivity index (χ1) is 18.5. The van der Waals surface area contributed by atoms with Gasteiger partial charge < -0.3 is 20.1 Å². The van der Waals surface area contributed by atoms with Gasteiger partial charge in [-0.25, -0.2) is 4.79 Å². The summed E-state index contributed by atoms with van der Waals surface area (Å²) in [4.78, 5) is 38.1. The molecule has 3 aromatic carbocycles. The third kappa shape index (κ3) is 6.05. The van der Waals surface area contributed by atoms with E-state index < -0.39 is 30.1 Å². The predicted molar refractivity (Wildman–Crippen MR) is 143 cm³/mol. The standard InChI is InChI=1S/C31H32N2O5/c1-20(34)38-29(30(35)32-18-22-9-3-2-4-10-22)28(17-21-15-16-21)33-31(36)37-19-27-25-13-7-5-11-23(25)24-12-6-8-14-26(24)27/h2-14,21,27-29H,15-19H2,1H3,(H,32,35)(H,33,36)/t28-,29-/m0/s1. The highest BCUT2D eigenvalue weighted by molar-refractivity contribution is 5.85. The fraction of sp³-hybridized carbons (Fsp3) is 0.323. The molecule has 0 unspecified atom stereocenters. The maximum absolute atomic E-state index is 13.1. The molecule has 0 bridgehead atoms. The molecule has 5 rings (SSSR count). The number of alkyl carbamates (subject to hydrolysis) is 1. The van der Waals surface area contributed by atoms with E-state index in [4.69, 9.17) is 9.47 Å². The molecule has 1 saturated carbocycles. The summed E-state index contributed by atoms with van der Waals surface area (Å²) < 4.78 is 11.2. The normalized spacial score (nSPS) is 15.5. The Hall–Kier alpha value is -4.13. The molecule has 7 nitrogen and oxygen atoms in total. The third-order valence-corrected chi connectivity index (χ3v) is 7.16. The Morgan fingerprint density at radius 3 is 2.08 bits per heavy atom. The van der Waals surface area contributed by atoms with Crippen LogP contribution in [-0.2, 0) is 25.6 Å². The van der Waals surface area contributed by atoms with Gasteiger partial charge >= 0.3 is 12.1 Å². The largest absolute Gasteiger partial charge is 0.450 e. The molecule has 0 aromatic heterocycles. The van der Waals surface area contributed by atoms with Gasteiger partial charge in [-0.3, -0.25) is 9.59 Å². The maximum Gasteiger partial charge on any atom is 0.407 e. The van der Waals surface area contributed by atoms with Gasteiger partial charge in [0.05, 0.1) is 6.04 Å². The van der Waals surface area contributed by atoms with Crippen LogP contribution in [0.25, 0.3) is 11.1 Å². The predicted octanol–water partition coefficient (Wildman–Crippen LogP) is 4.94. The van der Waals surface area contributed by atoms with Crippen LogP contribution in [-0.4, -0.2) is 36.7 Å². The van der Waals surface area contributed by atoms with Crippen molar-refractivity contribution in [3.05, 3.63) is 95.6 Å². The Bertz CT molecular complexity index is 1260. The topological polar surface area (TPSA) is 93.7 Å². The van der Waals surface area contributed by atoms with E-state index in [2.05, 4.69) is 34.9 Å². The summed E-state index contributed by atoms with van der Waals surface area (Å²) in [5.74, 6) is -0.740. The lowest BCUT2D eigenvalue weighted by atomic mass is 9.98. The second kappa shape index (κ2) is 11.5. The molecule has 0 radical (unpaired) electrons. The minimum atomic E-state index is -1.16. The fourth-order valence-corrected chi connectivity index (χ4v) is 5.15. The number of rotatable bonds is 10. The van der Waals surface area contributed by atoms with Crippen molar-refractivity contribution in [1.29, 1.82) is 0 Å². The molecular formula is C31H32N2O5. The number of amides is 2. The number of ether oxygens (including phenoxy) is 2. The Kier molecular flexibility index (Phi) is 7.73. The third-order valence-electron chi connectivity index (χ3n) is 7.16. The number of carbonyl (C=O) groups excluding carboxylic acids is 3. The summed E-state index contributed by atoms with van der Waals surface area (Å²) >= 11 is 0. The number of esters is 1. The van der Waals surface area contributed by atoms with E-state index in [1.165, 1.54) is 6.92 Å². The summed E-state index contributed by atoms with van der Waals surface area (Å²) in [6.07, 6.45) is 0.770. The average molecular weight is 513 g/mol. The van der Waals surface area contributed by atoms with Gasteiger partial charge in [-0.1, -0.05) is 91.7 Å². The summed E-state index contributed by atoms with van der Waals surface area (Å²) in [7, 11) is 0. The Morgan fingerprint density at radius 1 is 0.868 bits per heavy atom. The first-order valence-corrected chi connectivity index (χ1v) is 13.1. The minimum Gasteiger partial charge on any atom is -0.450 e. The summed E-state index contributed by atoms with van der Waals surface area (Å²) in [6, 6.07) is 25.1. The maximum atomic E-state index is 13.1. The smallest absolute Gasteiger partial charge is 0.407 e. The lowest BCUT2D eigenvalue weighted by Gasteiger charge is -2.27. The van der Waals surface area contributed by atoms with E-state index in [0.29, 0.717) is 18.9 Å². The van der Waals surface area contributed by atoms with Gasteiger partial charge in [0, 0.05) is 19.4 Å². The highest BCUT2D eigenvalue weighted by Gasteiger charge is 2.37. The second-order valence-corrected chi connectivity index (χ2v) is 9.99. The van der Waals surface area contributed by atoms with E-state index in [-0.39, 0.29) is 12.5 Å². The van der Waals surface area contributed by atoms with Gasteiger partial charge in [-0.05, 0) is 40.2 Å². The molecule has 2 amide bonds. The van der Waals surface area contributed by atoms with Crippen LogP contribution >= 0.6 is 0 Å². The molecule has 0 saturated heterocycles. The van der Waals surface area contributed by atoms with Gasteiger partial charge in [-0.2, -0.15) is 0 Å². The Morgan fingerprint density at radius 2 is 1.47 bits per heavy atom. The Labute approximate surface area is 222 Å². The fourth-order valence-electron chi connectivity index (χ4n) is 5.15. The summed E-state index contributed by atoms with van der Waals surface area (Å²) in [5.41, 5.74) is 5.45. The van der Waals surface area contributed by atoms with E-state index in [1.807, 2.05) is 54.6 Å². The number of nitrogens with one attached hydrogen (secondary N) is 2.